The monoisotopic (exact) mass is 368 g/mol. The van der Waals surface area contributed by atoms with Gasteiger partial charge in [-0.25, -0.2) is 18.1 Å². The van der Waals surface area contributed by atoms with Crippen LogP contribution in [0.3, 0.4) is 0 Å². The Labute approximate surface area is 150 Å². The molecule has 1 fully saturated rings. The molecular formula is C17H28N4O3S. The summed E-state index contributed by atoms with van der Waals surface area (Å²) in [4.78, 5) is 18.8. The van der Waals surface area contributed by atoms with E-state index in [0.717, 1.165) is 25.3 Å². The molecule has 1 aliphatic heterocycles. The maximum Gasteiger partial charge on any atom is 0.242 e. The largest absolute Gasteiger partial charge is 0.357 e. The zero-order valence-corrected chi connectivity index (χ0v) is 15.8. The number of carbonyl (C=O) groups excluding carboxylic acids is 1. The van der Waals surface area contributed by atoms with E-state index in [1.54, 1.807) is 12.3 Å². The van der Waals surface area contributed by atoms with E-state index in [0.29, 0.717) is 12.1 Å². The Hall–Kier alpha value is -1.67. The second-order valence-corrected chi connectivity index (χ2v) is 8.33. The Bertz CT molecular complexity index is 655. The van der Waals surface area contributed by atoms with E-state index >= 15 is 0 Å². The van der Waals surface area contributed by atoms with Crippen LogP contribution in [0.15, 0.2) is 18.3 Å². The van der Waals surface area contributed by atoms with Crippen molar-refractivity contribution in [2.75, 3.05) is 29.1 Å². The zero-order chi connectivity index (χ0) is 18.3. The number of aromatic nitrogens is 1. The Balaban J connectivity index is 1.89. The van der Waals surface area contributed by atoms with Crippen LogP contribution in [0.25, 0.3) is 0 Å². The molecule has 0 radical (unpaired) electrons. The number of nitrogens with one attached hydrogen (secondary N) is 2. The van der Waals surface area contributed by atoms with Crippen LogP contribution in [0.5, 0.6) is 0 Å². The SMILES string of the molecule is CCCCS(=O)(=O)N[C@@H](C)C(=O)Nc1ccc(N2CCCCC2)nc1. The fourth-order valence-corrected chi connectivity index (χ4v) is 4.17. The molecule has 1 amide bonds. The molecule has 1 saturated heterocycles. The van der Waals surface area contributed by atoms with Crippen LogP contribution >= 0.6 is 0 Å². The van der Waals surface area contributed by atoms with Crippen molar-refractivity contribution >= 4 is 27.4 Å². The van der Waals surface area contributed by atoms with Gasteiger partial charge in [-0.1, -0.05) is 13.3 Å². The van der Waals surface area contributed by atoms with Gasteiger partial charge in [-0.05, 0) is 44.7 Å². The second-order valence-electron chi connectivity index (χ2n) is 6.45. The number of anilines is 2. The van der Waals surface area contributed by atoms with Crippen molar-refractivity contribution in [3.05, 3.63) is 18.3 Å². The van der Waals surface area contributed by atoms with Gasteiger partial charge in [0.2, 0.25) is 15.9 Å². The zero-order valence-electron chi connectivity index (χ0n) is 15.0. The van der Waals surface area contributed by atoms with Crippen LogP contribution in [0.1, 0.15) is 46.0 Å². The highest BCUT2D eigenvalue weighted by atomic mass is 32.2. The van der Waals surface area contributed by atoms with Crippen molar-refractivity contribution in [2.45, 2.75) is 52.0 Å². The summed E-state index contributed by atoms with van der Waals surface area (Å²) < 4.78 is 26.1. The van der Waals surface area contributed by atoms with E-state index in [1.165, 1.54) is 26.2 Å². The van der Waals surface area contributed by atoms with Crippen LogP contribution in [0, 0.1) is 0 Å². The second kappa shape index (κ2) is 9.15. The van der Waals surface area contributed by atoms with E-state index in [1.807, 2.05) is 13.0 Å². The van der Waals surface area contributed by atoms with Crippen LogP contribution < -0.4 is 14.9 Å². The maximum atomic E-state index is 12.2. The van der Waals surface area contributed by atoms with E-state index in [-0.39, 0.29) is 5.75 Å². The molecule has 25 heavy (non-hydrogen) atoms. The molecule has 0 unspecified atom stereocenters. The van der Waals surface area contributed by atoms with Gasteiger partial charge in [0.15, 0.2) is 0 Å². The number of sulfonamides is 1. The Kier molecular flexibility index (Phi) is 7.19. The highest BCUT2D eigenvalue weighted by Crippen LogP contribution is 2.19. The van der Waals surface area contributed by atoms with Gasteiger partial charge in [0.05, 0.1) is 23.7 Å². The number of unbranched alkanes of at least 4 members (excludes halogenated alkanes) is 1. The standard InChI is InChI=1S/C17H28N4O3S/c1-3-4-12-25(23,24)20-14(2)17(22)19-15-8-9-16(18-13-15)21-10-6-5-7-11-21/h8-9,13-14,20H,3-7,10-12H2,1-2H3,(H,19,22)/t14-/m0/s1. The normalized spacial score (nSPS) is 16.5. The molecule has 8 heteroatoms. The van der Waals surface area contributed by atoms with Crippen molar-refractivity contribution in [1.29, 1.82) is 0 Å². The lowest BCUT2D eigenvalue weighted by molar-refractivity contribution is -0.117. The average molecular weight is 369 g/mol. The van der Waals surface area contributed by atoms with Crippen molar-refractivity contribution in [3.8, 4) is 0 Å². The predicted octanol–water partition coefficient (Wildman–Crippen LogP) is 2.12. The Morgan fingerprint density at radius 3 is 2.60 bits per heavy atom. The fraction of sp³-hybridized carbons (Fsp3) is 0.647. The highest BCUT2D eigenvalue weighted by Gasteiger charge is 2.20. The molecular weight excluding hydrogens is 340 g/mol. The first-order chi connectivity index (χ1) is 11.9. The molecule has 7 nitrogen and oxygen atoms in total. The lowest BCUT2D eigenvalue weighted by atomic mass is 10.1. The summed E-state index contributed by atoms with van der Waals surface area (Å²) >= 11 is 0. The van der Waals surface area contributed by atoms with Crippen LogP contribution in [-0.4, -0.2) is 44.2 Å². The lowest BCUT2D eigenvalue weighted by Crippen LogP contribution is -2.42. The molecule has 0 aliphatic carbocycles. The number of nitrogens with zero attached hydrogens (tertiary/aromatic N) is 2. The molecule has 2 rings (SSSR count). The molecule has 0 bridgehead atoms. The molecule has 1 aromatic rings. The molecule has 0 aromatic carbocycles. The van der Waals surface area contributed by atoms with Crippen LogP contribution in [0.2, 0.25) is 0 Å². The number of carbonyl (C=O) groups is 1. The number of amides is 1. The number of rotatable bonds is 8. The summed E-state index contributed by atoms with van der Waals surface area (Å²) in [6.45, 7) is 5.48. The first kappa shape index (κ1) is 19.7. The average Bonchev–Trinajstić information content (AvgIpc) is 2.61. The molecule has 2 N–H and O–H groups in total. The van der Waals surface area contributed by atoms with Gasteiger partial charge in [0.25, 0.3) is 0 Å². The maximum absolute atomic E-state index is 12.2. The number of piperidine rings is 1. The Morgan fingerprint density at radius 1 is 1.28 bits per heavy atom. The topological polar surface area (TPSA) is 91.4 Å². The smallest absolute Gasteiger partial charge is 0.242 e. The van der Waals surface area contributed by atoms with Crippen LogP contribution in [-0.2, 0) is 14.8 Å². The lowest BCUT2D eigenvalue weighted by Gasteiger charge is -2.27. The summed E-state index contributed by atoms with van der Waals surface area (Å²) in [7, 11) is -3.43. The van der Waals surface area contributed by atoms with Gasteiger partial charge in [-0.2, -0.15) is 0 Å². The van der Waals surface area contributed by atoms with E-state index in [4.69, 9.17) is 0 Å². The van der Waals surface area contributed by atoms with E-state index < -0.39 is 22.0 Å². The summed E-state index contributed by atoms with van der Waals surface area (Å²) in [5.41, 5.74) is 0.561. The molecule has 2 heterocycles. The van der Waals surface area contributed by atoms with Crippen molar-refractivity contribution in [3.63, 3.8) is 0 Å². The predicted molar refractivity (Wildman–Crippen MR) is 100 cm³/mol. The van der Waals surface area contributed by atoms with Crippen molar-refractivity contribution in [2.24, 2.45) is 0 Å². The van der Waals surface area contributed by atoms with E-state index in [9.17, 15) is 13.2 Å². The third-order valence-corrected chi connectivity index (χ3v) is 5.75. The molecule has 0 spiro atoms. The van der Waals surface area contributed by atoms with Gasteiger partial charge >= 0.3 is 0 Å². The number of pyridine rings is 1. The molecule has 1 atom stereocenters. The number of hydrogen-bond acceptors (Lipinski definition) is 5. The fourth-order valence-electron chi connectivity index (χ4n) is 2.74. The molecule has 140 valence electrons. The van der Waals surface area contributed by atoms with Crippen molar-refractivity contribution in [1.82, 2.24) is 9.71 Å². The highest BCUT2D eigenvalue weighted by molar-refractivity contribution is 7.89. The van der Waals surface area contributed by atoms with Gasteiger partial charge in [0, 0.05) is 13.1 Å². The van der Waals surface area contributed by atoms with Gasteiger partial charge in [-0.15, -0.1) is 0 Å². The third kappa shape index (κ3) is 6.28. The van der Waals surface area contributed by atoms with Gasteiger partial charge < -0.3 is 10.2 Å². The third-order valence-electron chi connectivity index (χ3n) is 4.21. The first-order valence-corrected chi connectivity index (χ1v) is 10.6. The van der Waals surface area contributed by atoms with Gasteiger partial charge in [-0.3, -0.25) is 4.79 Å². The first-order valence-electron chi connectivity index (χ1n) is 8.93. The minimum Gasteiger partial charge on any atom is -0.357 e. The molecule has 1 aromatic heterocycles. The summed E-state index contributed by atoms with van der Waals surface area (Å²) in [6.07, 6.45) is 6.59. The van der Waals surface area contributed by atoms with Crippen molar-refractivity contribution < 1.29 is 13.2 Å². The summed E-state index contributed by atoms with van der Waals surface area (Å²) in [6, 6.07) is 2.85. The summed E-state index contributed by atoms with van der Waals surface area (Å²) in [5, 5.41) is 2.70. The number of hydrogen-bond donors (Lipinski definition) is 2. The van der Waals surface area contributed by atoms with E-state index in [2.05, 4.69) is 19.9 Å². The minimum absolute atomic E-state index is 0.0349. The minimum atomic E-state index is -3.43. The quantitative estimate of drug-likeness (QED) is 0.733. The van der Waals surface area contributed by atoms with Crippen LogP contribution in [0.4, 0.5) is 11.5 Å². The molecule has 0 saturated carbocycles. The Morgan fingerprint density at radius 2 is 2.00 bits per heavy atom. The summed E-state index contributed by atoms with van der Waals surface area (Å²) in [5.74, 6) is 0.548. The molecule has 1 aliphatic rings. The van der Waals surface area contributed by atoms with Gasteiger partial charge in [0.1, 0.15) is 5.82 Å².